The van der Waals surface area contributed by atoms with Gasteiger partial charge in [0.2, 0.25) is 0 Å². The van der Waals surface area contributed by atoms with Crippen molar-refractivity contribution in [1.29, 1.82) is 0 Å². The van der Waals surface area contributed by atoms with Crippen molar-refractivity contribution in [3.8, 4) is 0 Å². The summed E-state index contributed by atoms with van der Waals surface area (Å²) in [5.41, 5.74) is 0. The lowest BCUT2D eigenvalue weighted by atomic mass is 10.1. The average molecular weight is 190 g/mol. The van der Waals surface area contributed by atoms with Gasteiger partial charge >= 0.3 is 6.18 Å². The third-order valence-corrected chi connectivity index (χ3v) is 1.41. The van der Waals surface area contributed by atoms with Gasteiger partial charge < -0.3 is 0 Å². The number of hydrogen-bond donors (Lipinski definition) is 0. The standard InChI is InChI=1S/C7H11F5/c1-2-5(8)3-6(9)4-7(10,11)12/h5-6H,2-4H2,1H3/t5?,6-/m0/s1. The lowest BCUT2D eigenvalue weighted by Crippen LogP contribution is -2.19. The van der Waals surface area contributed by atoms with Crippen molar-refractivity contribution in [1.82, 2.24) is 0 Å². The van der Waals surface area contributed by atoms with Crippen LogP contribution in [0.2, 0.25) is 0 Å². The Morgan fingerprint density at radius 3 is 1.92 bits per heavy atom. The van der Waals surface area contributed by atoms with E-state index in [1.54, 1.807) is 0 Å². The fourth-order valence-electron chi connectivity index (χ4n) is 0.779. The molecule has 0 fully saturated rings. The van der Waals surface area contributed by atoms with Gasteiger partial charge in [-0.1, -0.05) is 6.92 Å². The summed E-state index contributed by atoms with van der Waals surface area (Å²) >= 11 is 0. The molecule has 0 aliphatic carbocycles. The van der Waals surface area contributed by atoms with Crippen LogP contribution in [0.5, 0.6) is 0 Å². The maximum Gasteiger partial charge on any atom is 0.391 e. The van der Waals surface area contributed by atoms with E-state index in [9.17, 15) is 22.0 Å². The highest BCUT2D eigenvalue weighted by molar-refractivity contribution is 4.66. The van der Waals surface area contributed by atoms with E-state index in [2.05, 4.69) is 0 Å². The van der Waals surface area contributed by atoms with E-state index >= 15 is 0 Å². The minimum absolute atomic E-state index is 0.0538. The lowest BCUT2D eigenvalue weighted by Gasteiger charge is -2.12. The van der Waals surface area contributed by atoms with E-state index in [1.165, 1.54) is 6.92 Å². The topological polar surface area (TPSA) is 0 Å². The number of rotatable bonds is 4. The Kier molecular flexibility index (Phi) is 4.49. The zero-order valence-electron chi connectivity index (χ0n) is 6.67. The van der Waals surface area contributed by atoms with Crippen molar-refractivity contribution in [2.45, 2.75) is 44.7 Å². The Labute approximate surface area is 67.8 Å². The second-order valence-electron chi connectivity index (χ2n) is 2.66. The Balaban J connectivity index is 3.66. The highest BCUT2D eigenvalue weighted by Gasteiger charge is 2.32. The minimum atomic E-state index is -4.53. The average Bonchev–Trinajstić information content (AvgIpc) is 1.82. The van der Waals surface area contributed by atoms with Crippen molar-refractivity contribution < 1.29 is 22.0 Å². The molecule has 0 heterocycles. The molecule has 1 unspecified atom stereocenters. The Hall–Kier alpha value is -0.350. The van der Waals surface area contributed by atoms with E-state index in [4.69, 9.17) is 0 Å². The highest BCUT2D eigenvalue weighted by Crippen LogP contribution is 2.25. The Morgan fingerprint density at radius 1 is 1.08 bits per heavy atom. The largest absolute Gasteiger partial charge is 0.391 e. The molecule has 0 aliphatic rings. The van der Waals surface area contributed by atoms with Gasteiger partial charge in [0.15, 0.2) is 0 Å². The summed E-state index contributed by atoms with van der Waals surface area (Å²) in [5, 5.41) is 0. The molecule has 0 rings (SSSR count). The van der Waals surface area contributed by atoms with Crippen molar-refractivity contribution in [2.24, 2.45) is 0 Å². The fraction of sp³-hybridized carbons (Fsp3) is 1.00. The molecule has 0 spiro atoms. The first kappa shape index (κ1) is 11.6. The van der Waals surface area contributed by atoms with E-state index in [0.29, 0.717) is 0 Å². The second-order valence-corrected chi connectivity index (χ2v) is 2.66. The van der Waals surface area contributed by atoms with Gasteiger partial charge in [-0.2, -0.15) is 13.2 Å². The minimum Gasteiger partial charge on any atom is -0.247 e. The maximum absolute atomic E-state index is 12.4. The van der Waals surface area contributed by atoms with Gasteiger partial charge in [-0.3, -0.25) is 0 Å². The first-order valence-electron chi connectivity index (χ1n) is 3.70. The number of halogens is 5. The van der Waals surface area contributed by atoms with Crippen molar-refractivity contribution in [2.75, 3.05) is 0 Å². The second kappa shape index (κ2) is 4.62. The molecular weight excluding hydrogens is 179 g/mol. The zero-order chi connectivity index (χ0) is 9.78. The van der Waals surface area contributed by atoms with Gasteiger partial charge in [-0.15, -0.1) is 0 Å². The lowest BCUT2D eigenvalue weighted by molar-refractivity contribution is -0.147. The Bertz CT molecular complexity index is 119. The molecule has 0 aliphatic heterocycles. The molecule has 0 radical (unpaired) electrons. The smallest absolute Gasteiger partial charge is 0.247 e. The molecular formula is C7H11F5. The first-order chi connectivity index (χ1) is 5.35. The summed E-state index contributed by atoms with van der Waals surface area (Å²) in [6, 6.07) is 0. The van der Waals surface area contributed by atoms with Crippen LogP contribution >= 0.6 is 0 Å². The third kappa shape index (κ3) is 6.37. The van der Waals surface area contributed by atoms with Gasteiger partial charge in [0.25, 0.3) is 0 Å². The van der Waals surface area contributed by atoms with Gasteiger partial charge in [0.05, 0.1) is 6.42 Å². The van der Waals surface area contributed by atoms with Gasteiger partial charge in [0, 0.05) is 6.42 Å². The Morgan fingerprint density at radius 2 is 1.58 bits per heavy atom. The molecule has 5 heteroatoms. The van der Waals surface area contributed by atoms with Crippen LogP contribution in [-0.2, 0) is 0 Å². The van der Waals surface area contributed by atoms with Crippen LogP contribution in [0, 0.1) is 0 Å². The van der Waals surface area contributed by atoms with Crippen molar-refractivity contribution >= 4 is 0 Å². The normalized spacial score (nSPS) is 17.5. The molecule has 0 amide bonds. The summed E-state index contributed by atoms with van der Waals surface area (Å²) in [7, 11) is 0. The molecule has 0 bridgehead atoms. The summed E-state index contributed by atoms with van der Waals surface area (Å²) < 4.78 is 59.2. The summed E-state index contributed by atoms with van der Waals surface area (Å²) in [6.45, 7) is 1.46. The molecule has 0 aromatic rings. The van der Waals surface area contributed by atoms with Crippen LogP contribution in [0.3, 0.4) is 0 Å². The molecule has 2 atom stereocenters. The molecule has 0 saturated carbocycles. The van der Waals surface area contributed by atoms with E-state index in [1.807, 2.05) is 0 Å². The molecule has 0 aromatic carbocycles. The zero-order valence-corrected chi connectivity index (χ0v) is 6.67. The van der Waals surface area contributed by atoms with E-state index in [-0.39, 0.29) is 6.42 Å². The summed E-state index contributed by atoms with van der Waals surface area (Å²) in [6.07, 6.45) is -10.3. The number of hydrogen-bond acceptors (Lipinski definition) is 0. The third-order valence-electron chi connectivity index (χ3n) is 1.41. The number of alkyl halides is 5. The molecule has 12 heavy (non-hydrogen) atoms. The van der Waals surface area contributed by atoms with E-state index < -0.39 is 31.4 Å². The van der Waals surface area contributed by atoms with Crippen molar-refractivity contribution in [3.05, 3.63) is 0 Å². The van der Waals surface area contributed by atoms with E-state index in [0.717, 1.165) is 0 Å². The summed E-state index contributed by atoms with van der Waals surface area (Å²) in [4.78, 5) is 0. The quantitative estimate of drug-likeness (QED) is 0.596. The van der Waals surface area contributed by atoms with Gasteiger partial charge in [0.1, 0.15) is 12.3 Å². The summed E-state index contributed by atoms with van der Waals surface area (Å²) in [5.74, 6) is 0. The fourth-order valence-corrected chi connectivity index (χ4v) is 0.779. The predicted molar refractivity (Wildman–Crippen MR) is 35.4 cm³/mol. The van der Waals surface area contributed by atoms with Crippen LogP contribution in [0.1, 0.15) is 26.2 Å². The van der Waals surface area contributed by atoms with Crippen LogP contribution in [-0.4, -0.2) is 18.5 Å². The first-order valence-corrected chi connectivity index (χ1v) is 3.70. The molecule has 0 nitrogen and oxygen atoms in total. The van der Waals surface area contributed by atoms with Crippen LogP contribution in [0.15, 0.2) is 0 Å². The molecule has 0 N–H and O–H groups in total. The van der Waals surface area contributed by atoms with Gasteiger partial charge in [-0.25, -0.2) is 8.78 Å². The van der Waals surface area contributed by atoms with Crippen molar-refractivity contribution in [3.63, 3.8) is 0 Å². The molecule has 0 saturated heterocycles. The molecule has 0 aromatic heterocycles. The predicted octanol–water partition coefficient (Wildman–Crippen LogP) is 3.42. The SMILES string of the molecule is CCC(F)C[C@H](F)CC(F)(F)F. The molecule has 74 valence electrons. The van der Waals surface area contributed by atoms with Crippen LogP contribution < -0.4 is 0 Å². The highest BCUT2D eigenvalue weighted by atomic mass is 19.4. The van der Waals surface area contributed by atoms with Gasteiger partial charge in [-0.05, 0) is 6.42 Å². The van der Waals surface area contributed by atoms with Crippen LogP contribution in [0.25, 0.3) is 0 Å². The maximum atomic E-state index is 12.4. The monoisotopic (exact) mass is 190 g/mol. The van der Waals surface area contributed by atoms with Crippen LogP contribution in [0.4, 0.5) is 22.0 Å².